The first-order chi connectivity index (χ1) is 9.74. The lowest BCUT2D eigenvalue weighted by Crippen LogP contribution is -2.29. The molecule has 1 aromatic carbocycles. The van der Waals surface area contributed by atoms with Gasteiger partial charge in [-0.25, -0.2) is 0 Å². The number of aromatic nitrogens is 1. The van der Waals surface area contributed by atoms with E-state index < -0.39 is 0 Å². The first-order valence-corrected chi connectivity index (χ1v) is 7.32. The minimum atomic E-state index is 0.000969. The van der Waals surface area contributed by atoms with Crippen LogP contribution in [0.1, 0.15) is 30.6 Å². The summed E-state index contributed by atoms with van der Waals surface area (Å²) in [7, 11) is 0. The van der Waals surface area contributed by atoms with Crippen LogP contribution in [0.15, 0.2) is 30.5 Å². The van der Waals surface area contributed by atoms with Crippen molar-refractivity contribution in [3.63, 3.8) is 0 Å². The summed E-state index contributed by atoms with van der Waals surface area (Å²) in [6.45, 7) is 8.20. The summed E-state index contributed by atoms with van der Waals surface area (Å²) in [6, 6.07) is 7.74. The fourth-order valence-corrected chi connectivity index (χ4v) is 2.34. The molecule has 4 heteroatoms. The average Bonchev–Trinajstić information content (AvgIpc) is 2.94. The standard InChI is InChI=1S/C16H23N3O/c1-3-19(4-2)11-5-9-18-16(20)14-7-6-13-8-10-17-15(13)12-14/h6-8,10,12,17H,3-5,9,11H2,1-2H3,(H,18,20). The van der Waals surface area contributed by atoms with Gasteiger partial charge in [0.25, 0.3) is 5.91 Å². The number of carbonyl (C=O) groups is 1. The Bertz CT molecular complexity index is 558. The molecular weight excluding hydrogens is 250 g/mol. The van der Waals surface area contributed by atoms with Crippen LogP contribution in [-0.4, -0.2) is 42.0 Å². The Morgan fingerprint density at radius 2 is 2.05 bits per heavy atom. The lowest BCUT2D eigenvalue weighted by atomic mass is 10.1. The Morgan fingerprint density at radius 3 is 2.80 bits per heavy atom. The third kappa shape index (κ3) is 3.61. The van der Waals surface area contributed by atoms with E-state index in [1.54, 1.807) is 0 Å². The zero-order valence-electron chi connectivity index (χ0n) is 12.3. The van der Waals surface area contributed by atoms with E-state index in [1.807, 2.05) is 30.5 Å². The summed E-state index contributed by atoms with van der Waals surface area (Å²) in [4.78, 5) is 17.5. The maximum Gasteiger partial charge on any atom is 0.251 e. The molecule has 1 heterocycles. The van der Waals surface area contributed by atoms with E-state index in [1.165, 1.54) is 0 Å². The van der Waals surface area contributed by atoms with E-state index in [2.05, 4.69) is 29.0 Å². The van der Waals surface area contributed by atoms with Crippen molar-refractivity contribution in [3.8, 4) is 0 Å². The molecule has 0 saturated heterocycles. The normalized spacial score (nSPS) is 11.2. The number of hydrogen-bond donors (Lipinski definition) is 2. The van der Waals surface area contributed by atoms with E-state index in [4.69, 9.17) is 0 Å². The predicted octanol–water partition coefficient (Wildman–Crippen LogP) is 2.63. The molecule has 20 heavy (non-hydrogen) atoms. The van der Waals surface area contributed by atoms with Gasteiger partial charge in [-0.05, 0) is 49.6 Å². The molecule has 2 aromatic rings. The Morgan fingerprint density at radius 1 is 1.25 bits per heavy atom. The lowest BCUT2D eigenvalue weighted by Gasteiger charge is -2.17. The van der Waals surface area contributed by atoms with Crippen LogP contribution < -0.4 is 5.32 Å². The van der Waals surface area contributed by atoms with E-state index in [0.717, 1.165) is 43.5 Å². The van der Waals surface area contributed by atoms with Crippen molar-refractivity contribution in [2.45, 2.75) is 20.3 Å². The number of H-pyrrole nitrogens is 1. The van der Waals surface area contributed by atoms with Crippen molar-refractivity contribution < 1.29 is 4.79 Å². The Kier molecular flexibility index (Phi) is 5.18. The van der Waals surface area contributed by atoms with Gasteiger partial charge in [0.2, 0.25) is 0 Å². The molecule has 108 valence electrons. The molecule has 0 spiro atoms. The van der Waals surface area contributed by atoms with Crippen molar-refractivity contribution in [2.24, 2.45) is 0 Å². The summed E-state index contributed by atoms with van der Waals surface area (Å²) in [5.41, 5.74) is 1.71. The number of nitrogens with one attached hydrogen (secondary N) is 2. The van der Waals surface area contributed by atoms with Crippen molar-refractivity contribution >= 4 is 16.8 Å². The van der Waals surface area contributed by atoms with Gasteiger partial charge in [0.15, 0.2) is 0 Å². The second-order valence-electron chi connectivity index (χ2n) is 4.92. The van der Waals surface area contributed by atoms with Gasteiger partial charge in [-0.2, -0.15) is 0 Å². The summed E-state index contributed by atoms with van der Waals surface area (Å²) in [5, 5.41) is 4.11. The zero-order valence-corrected chi connectivity index (χ0v) is 12.3. The molecule has 0 bridgehead atoms. The first-order valence-electron chi connectivity index (χ1n) is 7.32. The Balaban J connectivity index is 1.82. The Labute approximate surface area is 120 Å². The molecule has 0 aliphatic rings. The van der Waals surface area contributed by atoms with E-state index >= 15 is 0 Å². The van der Waals surface area contributed by atoms with Crippen molar-refractivity contribution in [2.75, 3.05) is 26.2 Å². The van der Waals surface area contributed by atoms with Gasteiger partial charge in [-0.1, -0.05) is 19.9 Å². The predicted molar refractivity (Wildman–Crippen MR) is 83.0 cm³/mol. The van der Waals surface area contributed by atoms with Crippen LogP contribution in [0.2, 0.25) is 0 Å². The molecular formula is C16H23N3O. The highest BCUT2D eigenvalue weighted by Crippen LogP contribution is 2.13. The molecule has 2 N–H and O–H groups in total. The zero-order chi connectivity index (χ0) is 14.4. The van der Waals surface area contributed by atoms with Crippen LogP contribution >= 0.6 is 0 Å². The van der Waals surface area contributed by atoms with Gasteiger partial charge < -0.3 is 15.2 Å². The second-order valence-corrected chi connectivity index (χ2v) is 4.92. The molecule has 1 amide bonds. The maximum atomic E-state index is 12.1. The number of aromatic amines is 1. The van der Waals surface area contributed by atoms with Crippen LogP contribution in [0.4, 0.5) is 0 Å². The summed E-state index contributed by atoms with van der Waals surface area (Å²) in [6.07, 6.45) is 2.87. The van der Waals surface area contributed by atoms with Crippen molar-refractivity contribution in [1.82, 2.24) is 15.2 Å². The first kappa shape index (κ1) is 14.6. The van der Waals surface area contributed by atoms with Gasteiger partial charge in [0.1, 0.15) is 0 Å². The summed E-state index contributed by atoms with van der Waals surface area (Å²) in [5.74, 6) is 0.000969. The van der Waals surface area contributed by atoms with E-state index in [-0.39, 0.29) is 5.91 Å². The molecule has 1 aromatic heterocycles. The number of benzene rings is 1. The third-order valence-corrected chi connectivity index (χ3v) is 3.65. The number of amides is 1. The minimum Gasteiger partial charge on any atom is -0.361 e. The number of nitrogens with zero attached hydrogens (tertiary/aromatic N) is 1. The molecule has 0 unspecified atom stereocenters. The quantitative estimate of drug-likeness (QED) is 0.762. The highest BCUT2D eigenvalue weighted by Gasteiger charge is 2.06. The smallest absolute Gasteiger partial charge is 0.251 e. The molecule has 0 atom stereocenters. The van der Waals surface area contributed by atoms with E-state index in [9.17, 15) is 4.79 Å². The van der Waals surface area contributed by atoms with Crippen LogP contribution in [-0.2, 0) is 0 Å². The molecule has 0 aliphatic carbocycles. The monoisotopic (exact) mass is 273 g/mol. The van der Waals surface area contributed by atoms with Crippen molar-refractivity contribution in [3.05, 3.63) is 36.0 Å². The fourth-order valence-electron chi connectivity index (χ4n) is 2.34. The second kappa shape index (κ2) is 7.10. The van der Waals surface area contributed by atoms with Gasteiger partial charge in [-0.15, -0.1) is 0 Å². The van der Waals surface area contributed by atoms with Crippen molar-refractivity contribution in [1.29, 1.82) is 0 Å². The highest BCUT2D eigenvalue weighted by molar-refractivity contribution is 5.97. The van der Waals surface area contributed by atoms with E-state index in [0.29, 0.717) is 5.56 Å². The number of rotatable bonds is 7. The van der Waals surface area contributed by atoms with Crippen LogP contribution in [0, 0.1) is 0 Å². The summed E-state index contributed by atoms with van der Waals surface area (Å²) >= 11 is 0. The molecule has 0 aliphatic heterocycles. The molecule has 2 rings (SSSR count). The SMILES string of the molecule is CCN(CC)CCCNC(=O)c1ccc2cc[nH]c2c1. The number of carbonyl (C=O) groups excluding carboxylic acids is 1. The molecule has 0 saturated carbocycles. The van der Waals surface area contributed by atoms with Crippen LogP contribution in [0.3, 0.4) is 0 Å². The minimum absolute atomic E-state index is 0.000969. The lowest BCUT2D eigenvalue weighted by molar-refractivity contribution is 0.0952. The fraction of sp³-hybridized carbons (Fsp3) is 0.438. The topological polar surface area (TPSA) is 48.1 Å². The summed E-state index contributed by atoms with van der Waals surface area (Å²) < 4.78 is 0. The highest BCUT2D eigenvalue weighted by atomic mass is 16.1. The van der Waals surface area contributed by atoms with Gasteiger partial charge >= 0.3 is 0 Å². The number of hydrogen-bond acceptors (Lipinski definition) is 2. The average molecular weight is 273 g/mol. The largest absolute Gasteiger partial charge is 0.361 e. The van der Waals surface area contributed by atoms with Crippen LogP contribution in [0.25, 0.3) is 10.9 Å². The molecule has 0 radical (unpaired) electrons. The molecule has 4 nitrogen and oxygen atoms in total. The van der Waals surface area contributed by atoms with Gasteiger partial charge in [-0.3, -0.25) is 4.79 Å². The Hall–Kier alpha value is -1.81. The van der Waals surface area contributed by atoms with Gasteiger partial charge in [0, 0.05) is 23.8 Å². The molecule has 0 fully saturated rings. The number of fused-ring (bicyclic) bond motifs is 1. The maximum absolute atomic E-state index is 12.1. The van der Waals surface area contributed by atoms with Gasteiger partial charge in [0.05, 0.1) is 0 Å². The van der Waals surface area contributed by atoms with Crippen LogP contribution in [0.5, 0.6) is 0 Å². The third-order valence-electron chi connectivity index (χ3n) is 3.65.